The number of aromatic nitrogens is 2. The molecule has 0 aromatic carbocycles. The molecule has 6 nitrogen and oxygen atoms in total. The average molecular weight is 263 g/mol. The van der Waals surface area contributed by atoms with E-state index in [0.717, 1.165) is 24.2 Å². The highest BCUT2D eigenvalue weighted by Gasteiger charge is 2.26. The smallest absolute Gasteiger partial charge is 0.242 e. The first-order chi connectivity index (χ1) is 9.01. The molecular weight excluding hydrogens is 242 g/mol. The SMILES string of the molecule is CNc1nc(C)nc(NC(C)C(=O)NC2CC2)c1C. The Balaban J connectivity index is 2.08. The molecule has 1 aliphatic rings. The molecule has 19 heavy (non-hydrogen) atoms. The molecule has 1 heterocycles. The second-order valence-corrected chi connectivity index (χ2v) is 4.99. The van der Waals surface area contributed by atoms with Crippen molar-refractivity contribution in [1.29, 1.82) is 0 Å². The van der Waals surface area contributed by atoms with Crippen LogP contribution in [-0.2, 0) is 4.79 Å². The van der Waals surface area contributed by atoms with Crippen LogP contribution >= 0.6 is 0 Å². The molecule has 0 radical (unpaired) electrons. The molecule has 1 amide bonds. The number of nitrogens with one attached hydrogen (secondary N) is 3. The maximum atomic E-state index is 11.9. The molecule has 0 spiro atoms. The first-order valence-electron chi connectivity index (χ1n) is 6.61. The van der Waals surface area contributed by atoms with Crippen LogP contribution in [0.25, 0.3) is 0 Å². The van der Waals surface area contributed by atoms with Gasteiger partial charge in [-0.05, 0) is 33.6 Å². The van der Waals surface area contributed by atoms with E-state index >= 15 is 0 Å². The first kappa shape index (κ1) is 13.6. The molecule has 1 fully saturated rings. The highest BCUT2D eigenvalue weighted by molar-refractivity contribution is 5.84. The molecule has 0 bridgehead atoms. The summed E-state index contributed by atoms with van der Waals surface area (Å²) in [6.45, 7) is 5.60. The van der Waals surface area contributed by atoms with E-state index in [4.69, 9.17) is 0 Å². The summed E-state index contributed by atoms with van der Waals surface area (Å²) in [7, 11) is 1.82. The normalized spacial score (nSPS) is 15.8. The van der Waals surface area contributed by atoms with Gasteiger partial charge in [0, 0.05) is 18.7 Å². The van der Waals surface area contributed by atoms with Gasteiger partial charge in [0.15, 0.2) is 0 Å². The quantitative estimate of drug-likeness (QED) is 0.744. The Bertz CT molecular complexity index is 484. The third kappa shape index (κ3) is 3.33. The molecule has 104 valence electrons. The van der Waals surface area contributed by atoms with Crippen LogP contribution in [0, 0.1) is 13.8 Å². The van der Waals surface area contributed by atoms with Crippen LogP contribution in [0.2, 0.25) is 0 Å². The van der Waals surface area contributed by atoms with Gasteiger partial charge >= 0.3 is 0 Å². The number of hydrogen-bond acceptors (Lipinski definition) is 5. The highest BCUT2D eigenvalue weighted by atomic mass is 16.2. The van der Waals surface area contributed by atoms with Gasteiger partial charge in [0.2, 0.25) is 5.91 Å². The molecule has 0 saturated heterocycles. The third-order valence-electron chi connectivity index (χ3n) is 3.16. The van der Waals surface area contributed by atoms with E-state index in [1.165, 1.54) is 0 Å². The lowest BCUT2D eigenvalue weighted by atomic mass is 10.2. The summed E-state index contributed by atoms with van der Waals surface area (Å²) in [5.41, 5.74) is 0.916. The maximum absolute atomic E-state index is 11.9. The van der Waals surface area contributed by atoms with Crippen molar-refractivity contribution in [3.05, 3.63) is 11.4 Å². The molecule has 1 unspecified atom stereocenters. The molecule has 1 saturated carbocycles. The van der Waals surface area contributed by atoms with E-state index in [-0.39, 0.29) is 11.9 Å². The monoisotopic (exact) mass is 263 g/mol. The summed E-state index contributed by atoms with van der Waals surface area (Å²) >= 11 is 0. The summed E-state index contributed by atoms with van der Waals surface area (Å²) in [6, 6.07) is 0.0659. The minimum atomic E-state index is -0.307. The van der Waals surface area contributed by atoms with Gasteiger partial charge in [0.25, 0.3) is 0 Å². The summed E-state index contributed by atoms with van der Waals surface area (Å²) in [5.74, 6) is 2.18. The molecule has 1 aliphatic carbocycles. The van der Waals surface area contributed by atoms with Crippen molar-refractivity contribution in [3.63, 3.8) is 0 Å². The number of carbonyl (C=O) groups excluding carboxylic acids is 1. The zero-order valence-electron chi connectivity index (χ0n) is 11.9. The van der Waals surface area contributed by atoms with Gasteiger partial charge in [-0.3, -0.25) is 4.79 Å². The zero-order chi connectivity index (χ0) is 14.0. The Morgan fingerprint density at radius 2 is 1.89 bits per heavy atom. The molecule has 2 rings (SSSR count). The van der Waals surface area contributed by atoms with Crippen LogP contribution in [0.3, 0.4) is 0 Å². The number of hydrogen-bond donors (Lipinski definition) is 3. The van der Waals surface area contributed by atoms with Gasteiger partial charge in [0.05, 0.1) is 0 Å². The molecule has 1 aromatic rings. The molecule has 6 heteroatoms. The van der Waals surface area contributed by atoms with E-state index in [1.807, 2.05) is 27.8 Å². The van der Waals surface area contributed by atoms with Crippen molar-refractivity contribution >= 4 is 17.5 Å². The van der Waals surface area contributed by atoms with Crippen molar-refractivity contribution in [1.82, 2.24) is 15.3 Å². The first-order valence-corrected chi connectivity index (χ1v) is 6.61. The molecule has 3 N–H and O–H groups in total. The maximum Gasteiger partial charge on any atom is 0.242 e. The predicted molar refractivity (Wildman–Crippen MR) is 75.3 cm³/mol. The van der Waals surface area contributed by atoms with E-state index in [0.29, 0.717) is 17.7 Å². The van der Waals surface area contributed by atoms with Crippen molar-refractivity contribution in [2.24, 2.45) is 0 Å². The minimum absolute atomic E-state index is 0.0178. The van der Waals surface area contributed by atoms with Crippen molar-refractivity contribution in [3.8, 4) is 0 Å². The summed E-state index contributed by atoms with van der Waals surface area (Å²) in [6.07, 6.45) is 2.18. The summed E-state index contributed by atoms with van der Waals surface area (Å²) in [4.78, 5) is 20.6. The fourth-order valence-corrected chi connectivity index (χ4v) is 1.84. The second-order valence-electron chi connectivity index (χ2n) is 4.99. The topological polar surface area (TPSA) is 78.9 Å². The van der Waals surface area contributed by atoms with Crippen molar-refractivity contribution in [2.45, 2.75) is 45.7 Å². The number of carbonyl (C=O) groups is 1. The average Bonchev–Trinajstić information content (AvgIpc) is 3.17. The van der Waals surface area contributed by atoms with Crippen LogP contribution in [0.1, 0.15) is 31.2 Å². The van der Waals surface area contributed by atoms with Gasteiger partial charge in [-0.2, -0.15) is 0 Å². The van der Waals surface area contributed by atoms with E-state index < -0.39 is 0 Å². The van der Waals surface area contributed by atoms with Crippen LogP contribution in [0.5, 0.6) is 0 Å². The third-order valence-corrected chi connectivity index (χ3v) is 3.16. The number of aryl methyl sites for hydroxylation is 1. The number of anilines is 2. The summed E-state index contributed by atoms with van der Waals surface area (Å²) in [5, 5.41) is 9.16. The standard InChI is InChI=1S/C13H21N5O/c1-7-11(14-4)16-9(3)17-12(7)15-8(2)13(19)18-10-5-6-10/h8,10H,5-6H2,1-4H3,(H,18,19)(H2,14,15,16,17). The lowest BCUT2D eigenvalue weighted by molar-refractivity contribution is -0.121. The van der Waals surface area contributed by atoms with Gasteiger partial charge in [0.1, 0.15) is 23.5 Å². The van der Waals surface area contributed by atoms with Crippen molar-refractivity contribution in [2.75, 3.05) is 17.7 Å². The summed E-state index contributed by atoms with van der Waals surface area (Å²) < 4.78 is 0. The van der Waals surface area contributed by atoms with Gasteiger partial charge < -0.3 is 16.0 Å². The Morgan fingerprint density at radius 3 is 2.47 bits per heavy atom. The zero-order valence-corrected chi connectivity index (χ0v) is 11.9. The van der Waals surface area contributed by atoms with Gasteiger partial charge in [-0.1, -0.05) is 0 Å². The van der Waals surface area contributed by atoms with Gasteiger partial charge in [-0.25, -0.2) is 9.97 Å². The fourth-order valence-electron chi connectivity index (χ4n) is 1.84. The molecule has 0 aliphatic heterocycles. The van der Waals surface area contributed by atoms with Crippen LogP contribution in [0.15, 0.2) is 0 Å². The largest absolute Gasteiger partial charge is 0.373 e. The second kappa shape index (κ2) is 5.42. The Morgan fingerprint density at radius 1 is 1.26 bits per heavy atom. The lowest BCUT2D eigenvalue weighted by Crippen LogP contribution is -2.39. The Hall–Kier alpha value is -1.85. The molecule has 1 aromatic heterocycles. The van der Waals surface area contributed by atoms with Crippen molar-refractivity contribution < 1.29 is 4.79 Å². The van der Waals surface area contributed by atoms with Crippen LogP contribution in [0.4, 0.5) is 11.6 Å². The van der Waals surface area contributed by atoms with E-state index in [2.05, 4.69) is 25.9 Å². The molecular formula is C13H21N5O. The fraction of sp³-hybridized carbons (Fsp3) is 0.615. The molecule has 1 atom stereocenters. The van der Waals surface area contributed by atoms with Crippen LogP contribution < -0.4 is 16.0 Å². The van der Waals surface area contributed by atoms with E-state index in [1.54, 1.807) is 0 Å². The number of amides is 1. The predicted octanol–water partition coefficient (Wildman–Crippen LogP) is 1.21. The number of nitrogens with zero attached hydrogens (tertiary/aromatic N) is 2. The Labute approximate surface area is 113 Å². The van der Waals surface area contributed by atoms with Gasteiger partial charge in [-0.15, -0.1) is 0 Å². The number of rotatable bonds is 5. The minimum Gasteiger partial charge on any atom is -0.373 e. The highest BCUT2D eigenvalue weighted by Crippen LogP contribution is 2.21. The lowest BCUT2D eigenvalue weighted by Gasteiger charge is -2.17. The van der Waals surface area contributed by atoms with Crippen LogP contribution in [-0.4, -0.2) is 35.0 Å². The Kier molecular flexibility index (Phi) is 3.87. The van der Waals surface area contributed by atoms with E-state index in [9.17, 15) is 4.79 Å².